The summed E-state index contributed by atoms with van der Waals surface area (Å²) >= 11 is 0. The molecule has 4 aromatic rings. The fraction of sp³-hybridized carbons (Fsp3) is 0.158. The van der Waals surface area contributed by atoms with Crippen LogP contribution >= 0.6 is 0 Å². The fourth-order valence-corrected chi connectivity index (χ4v) is 2.95. The SMILES string of the molecule is CC(C)c1[nH]nc(-c2ccc(F)cc2)c1-c1ccc2nccn2c1. The van der Waals surface area contributed by atoms with Gasteiger partial charge in [0.1, 0.15) is 17.2 Å². The van der Waals surface area contributed by atoms with Crippen molar-refractivity contribution < 1.29 is 4.39 Å². The van der Waals surface area contributed by atoms with E-state index in [4.69, 9.17) is 0 Å². The Labute approximate surface area is 139 Å². The van der Waals surface area contributed by atoms with Gasteiger partial charge in [0.2, 0.25) is 0 Å². The van der Waals surface area contributed by atoms with Gasteiger partial charge in [-0.25, -0.2) is 9.37 Å². The molecule has 0 amide bonds. The first-order valence-electron chi connectivity index (χ1n) is 7.91. The monoisotopic (exact) mass is 320 g/mol. The summed E-state index contributed by atoms with van der Waals surface area (Å²) < 4.78 is 15.2. The molecule has 0 saturated heterocycles. The minimum atomic E-state index is -0.250. The van der Waals surface area contributed by atoms with Crippen LogP contribution < -0.4 is 0 Å². The molecule has 0 aliphatic heterocycles. The first kappa shape index (κ1) is 14.6. The molecule has 5 heteroatoms. The maximum absolute atomic E-state index is 13.3. The van der Waals surface area contributed by atoms with Gasteiger partial charge in [0.25, 0.3) is 0 Å². The van der Waals surface area contributed by atoms with Crippen LogP contribution in [0.1, 0.15) is 25.5 Å². The van der Waals surface area contributed by atoms with Gasteiger partial charge in [0.05, 0.1) is 0 Å². The van der Waals surface area contributed by atoms with Gasteiger partial charge in [-0.3, -0.25) is 5.10 Å². The summed E-state index contributed by atoms with van der Waals surface area (Å²) in [6.45, 7) is 4.25. The number of rotatable bonds is 3. The summed E-state index contributed by atoms with van der Waals surface area (Å²) in [5, 5.41) is 7.67. The number of fused-ring (bicyclic) bond motifs is 1. The molecular formula is C19H17FN4. The Kier molecular flexibility index (Phi) is 3.41. The van der Waals surface area contributed by atoms with Crippen LogP contribution in [0.3, 0.4) is 0 Å². The molecule has 1 aromatic carbocycles. The summed E-state index contributed by atoms with van der Waals surface area (Å²) in [4.78, 5) is 4.29. The van der Waals surface area contributed by atoms with Gasteiger partial charge in [-0.15, -0.1) is 0 Å². The molecule has 0 radical (unpaired) electrons. The standard InChI is InChI=1S/C19H17FN4/c1-12(2)18-17(14-5-8-16-21-9-10-24(16)11-14)19(23-22-18)13-3-6-15(20)7-4-13/h3-12H,1-2H3,(H,22,23). The normalized spacial score (nSPS) is 11.5. The number of benzene rings is 1. The second-order valence-electron chi connectivity index (χ2n) is 6.13. The van der Waals surface area contributed by atoms with E-state index in [0.717, 1.165) is 33.7 Å². The van der Waals surface area contributed by atoms with Gasteiger partial charge >= 0.3 is 0 Å². The van der Waals surface area contributed by atoms with Crippen molar-refractivity contribution in [2.75, 3.05) is 0 Å². The second-order valence-corrected chi connectivity index (χ2v) is 6.13. The van der Waals surface area contributed by atoms with Crippen LogP contribution in [0.5, 0.6) is 0 Å². The first-order chi connectivity index (χ1) is 11.6. The number of nitrogens with zero attached hydrogens (tertiary/aromatic N) is 3. The highest BCUT2D eigenvalue weighted by Gasteiger charge is 2.19. The zero-order chi connectivity index (χ0) is 16.7. The lowest BCUT2D eigenvalue weighted by Crippen LogP contribution is -1.93. The highest BCUT2D eigenvalue weighted by Crippen LogP contribution is 2.36. The van der Waals surface area contributed by atoms with E-state index in [0.29, 0.717) is 5.92 Å². The van der Waals surface area contributed by atoms with Crippen molar-refractivity contribution in [3.05, 3.63) is 66.5 Å². The fourth-order valence-electron chi connectivity index (χ4n) is 2.95. The molecule has 0 bridgehead atoms. The van der Waals surface area contributed by atoms with E-state index >= 15 is 0 Å². The maximum Gasteiger partial charge on any atom is 0.136 e. The number of halogens is 1. The van der Waals surface area contributed by atoms with E-state index in [1.165, 1.54) is 12.1 Å². The predicted octanol–water partition coefficient (Wildman–Crippen LogP) is 4.65. The van der Waals surface area contributed by atoms with Gasteiger partial charge in [-0.1, -0.05) is 13.8 Å². The van der Waals surface area contributed by atoms with Crippen molar-refractivity contribution in [2.24, 2.45) is 0 Å². The zero-order valence-electron chi connectivity index (χ0n) is 13.5. The van der Waals surface area contributed by atoms with Gasteiger partial charge in [-0.05, 0) is 42.3 Å². The summed E-state index contributed by atoms with van der Waals surface area (Å²) in [7, 11) is 0. The van der Waals surface area contributed by atoms with Crippen molar-refractivity contribution in [2.45, 2.75) is 19.8 Å². The Morgan fingerprint density at radius 1 is 1.04 bits per heavy atom. The Balaban J connectivity index is 1.94. The molecule has 0 fully saturated rings. The Morgan fingerprint density at radius 2 is 1.79 bits per heavy atom. The highest BCUT2D eigenvalue weighted by atomic mass is 19.1. The van der Waals surface area contributed by atoms with E-state index < -0.39 is 0 Å². The third-order valence-corrected chi connectivity index (χ3v) is 4.17. The third kappa shape index (κ3) is 2.38. The first-order valence-corrected chi connectivity index (χ1v) is 7.91. The van der Waals surface area contributed by atoms with Crippen molar-refractivity contribution in [3.63, 3.8) is 0 Å². The number of hydrogen-bond donors (Lipinski definition) is 1. The number of aromatic amines is 1. The molecule has 1 N–H and O–H groups in total. The van der Waals surface area contributed by atoms with Crippen LogP contribution in [-0.2, 0) is 0 Å². The largest absolute Gasteiger partial charge is 0.306 e. The molecule has 3 heterocycles. The van der Waals surface area contributed by atoms with Gasteiger partial charge in [0.15, 0.2) is 0 Å². The zero-order valence-corrected chi connectivity index (χ0v) is 13.5. The van der Waals surface area contributed by atoms with E-state index in [9.17, 15) is 4.39 Å². The van der Waals surface area contributed by atoms with Crippen LogP contribution in [0, 0.1) is 5.82 Å². The van der Waals surface area contributed by atoms with E-state index in [2.05, 4.69) is 29.0 Å². The van der Waals surface area contributed by atoms with Crippen LogP contribution in [-0.4, -0.2) is 19.6 Å². The molecular weight excluding hydrogens is 303 g/mol. The van der Waals surface area contributed by atoms with Crippen LogP contribution in [0.4, 0.5) is 4.39 Å². The molecule has 0 saturated carbocycles. The Hall–Kier alpha value is -2.95. The third-order valence-electron chi connectivity index (χ3n) is 4.17. The van der Waals surface area contributed by atoms with Crippen LogP contribution in [0.25, 0.3) is 28.0 Å². The van der Waals surface area contributed by atoms with Crippen LogP contribution in [0.2, 0.25) is 0 Å². The molecule has 0 aliphatic carbocycles. The summed E-state index contributed by atoms with van der Waals surface area (Å²) in [5.74, 6) is 0.0416. The number of nitrogens with one attached hydrogen (secondary N) is 1. The lowest BCUT2D eigenvalue weighted by molar-refractivity contribution is 0.628. The van der Waals surface area contributed by atoms with Crippen molar-refractivity contribution in [1.82, 2.24) is 19.6 Å². The Morgan fingerprint density at radius 3 is 2.54 bits per heavy atom. The summed E-state index contributed by atoms with van der Waals surface area (Å²) in [6, 6.07) is 10.5. The second kappa shape index (κ2) is 5.60. The molecule has 4 rings (SSSR count). The average Bonchev–Trinajstić information content (AvgIpc) is 3.21. The van der Waals surface area contributed by atoms with Gasteiger partial charge in [0, 0.05) is 41.0 Å². The Bertz CT molecular complexity index is 996. The van der Waals surface area contributed by atoms with Crippen LogP contribution in [0.15, 0.2) is 55.0 Å². The molecule has 0 spiro atoms. The summed E-state index contributed by atoms with van der Waals surface area (Å²) in [6.07, 6.45) is 5.75. The lowest BCUT2D eigenvalue weighted by Gasteiger charge is -2.09. The van der Waals surface area contributed by atoms with Crippen molar-refractivity contribution >= 4 is 5.65 Å². The minimum absolute atomic E-state index is 0.250. The molecule has 0 atom stereocenters. The van der Waals surface area contributed by atoms with Gasteiger partial charge < -0.3 is 4.40 Å². The maximum atomic E-state index is 13.3. The molecule has 24 heavy (non-hydrogen) atoms. The molecule has 4 nitrogen and oxygen atoms in total. The number of hydrogen-bond acceptors (Lipinski definition) is 2. The lowest BCUT2D eigenvalue weighted by atomic mass is 9.95. The number of imidazole rings is 1. The van der Waals surface area contributed by atoms with Crippen molar-refractivity contribution in [3.8, 4) is 22.4 Å². The van der Waals surface area contributed by atoms with Crippen molar-refractivity contribution in [1.29, 1.82) is 0 Å². The summed E-state index contributed by atoms with van der Waals surface area (Å²) in [5.41, 5.74) is 5.79. The molecule has 0 aliphatic rings. The molecule has 3 aromatic heterocycles. The minimum Gasteiger partial charge on any atom is -0.306 e. The van der Waals surface area contributed by atoms with Gasteiger partial charge in [-0.2, -0.15) is 5.10 Å². The highest BCUT2D eigenvalue weighted by molar-refractivity contribution is 5.83. The van der Waals surface area contributed by atoms with E-state index in [1.807, 2.05) is 28.9 Å². The number of H-pyrrole nitrogens is 1. The molecule has 120 valence electrons. The molecule has 0 unspecified atom stereocenters. The number of pyridine rings is 1. The quantitative estimate of drug-likeness (QED) is 0.597. The topological polar surface area (TPSA) is 46.0 Å². The van der Waals surface area contributed by atoms with E-state index in [-0.39, 0.29) is 5.82 Å². The number of aromatic nitrogens is 4. The average molecular weight is 320 g/mol. The predicted molar refractivity (Wildman–Crippen MR) is 92.3 cm³/mol. The van der Waals surface area contributed by atoms with E-state index in [1.54, 1.807) is 18.3 Å². The smallest absolute Gasteiger partial charge is 0.136 e.